The Kier molecular flexibility index (Phi) is 1.50. The van der Waals surface area contributed by atoms with Crippen LogP contribution in [0.2, 0.25) is 0 Å². The van der Waals surface area contributed by atoms with E-state index < -0.39 is 11.1 Å². The maximum absolute atomic E-state index is 11.2. The van der Waals surface area contributed by atoms with Gasteiger partial charge in [0.15, 0.2) is 5.52 Å². The highest BCUT2D eigenvalue weighted by Gasteiger charge is 2.08. The van der Waals surface area contributed by atoms with Crippen molar-refractivity contribution in [2.45, 2.75) is 0 Å². The van der Waals surface area contributed by atoms with Gasteiger partial charge in [-0.3, -0.25) is 9.59 Å². The van der Waals surface area contributed by atoms with Crippen LogP contribution >= 0.6 is 0 Å². The first-order valence-electron chi connectivity index (χ1n) is 3.56. The van der Waals surface area contributed by atoms with Crippen molar-refractivity contribution in [3.05, 3.63) is 26.9 Å². The zero-order valence-corrected chi connectivity index (χ0v) is 6.76. The Hall–Kier alpha value is -2.38. The molecule has 0 aliphatic carbocycles. The van der Waals surface area contributed by atoms with Crippen LogP contribution in [0.15, 0.2) is 15.8 Å². The molecular formula is C6H5N5O3. The number of nitrogen functional groups attached to an aromatic ring is 1. The fraction of sp³-hybridized carbons (Fsp3) is 0. The number of anilines is 1. The lowest BCUT2D eigenvalue weighted by Crippen LogP contribution is -2.21. The highest BCUT2D eigenvalue weighted by atomic mass is 16.5. The molecule has 2 rings (SSSR count). The number of aromatic amines is 1. The highest BCUT2D eigenvalue weighted by molar-refractivity contribution is 5.69. The van der Waals surface area contributed by atoms with Crippen molar-refractivity contribution < 1.29 is 5.21 Å². The lowest BCUT2D eigenvalue weighted by atomic mass is 10.5. The Labute approximate surface area is 75.6 Å². The zero-order chi connectivity index (χ0) is 10.3. The predicted octanol–water partition coefficient (Wildman–Crippen LogP) is -1.70. The molecule has 72 valence electrons. The molecule has 0 saturated carbocycles. The van der Waals surface area contributed by atoms with Crippen LogP contribution in [0.1, 0.15) is 0 Å². The molecule has 14 heavy (non-hydrogen) atoms. The van der Waals surface area contributed by atoms with Gasteiger partial charge in [-0.1, -0.05) is 0 Å². The maximum Gasteiger partial charge on any atom is 0.300 e. The van der Waals surface area contributed by atoms with Crippen LogP contribution in [0.25, 0.3) is 11.2 Å². The Bertz CT molecular complexity index is 613. The van der Waals surface area contributed by atoms with Gasteiger partial charge in [-0.25, -0.2) is 4.98 Å². The quantitative estimate of drug-likeness (QED) is 0.430. The molecule has 2 aromatic heterocycles. The Balaban J connectivity index is 3.10. The highest BCUT2D eigenvalue weighted by Crippen LogP contribution is 2.01. The number of nitrogens with two attached hydrogens (primary N) is 1. The molecule has 0 spiro atoms. The standard InChI is InChI=1S/C6H5N5O3/c7-6-10-5(13)3-4(11(6)14)8-1-2(12)9-3/h1,14H,(H,9,12)(H2,7,10,13). The average molecular weight is 195 g/mol. The molecule has 0 aromatic carbocycles. The van der Waals surface area contributed by atoms with E-state index in [0.29, 0.717) is 4.73 Å². The van der Waals surface area contributed by atoms with E-state index in [1.54, 1.807) is 0 Å². The second kappa shape index (κ2) is 2.55. The number of aromatic nitrogens is 4. The molecule has 0 amide bonds. The van der Waals surface area contributed by atoms with Crippen molar-refractivity contribution in [1.29, 1.82) is 0 Å². The third kappa shape index (κ3) is 1.01. The van der Waals surface area contributed by atoms with E-state index in [9.17, 15) is 14.8 Å². The molecule has 2 heterocycles. The van der Waals surface area contributed by atoms with Crippen LogP contribution in [-0.2, 0) is 0 Å². The normalized spacial score (nSPS) is 10.6. The monoisotopic (exact) mass is 195 g/mol. The van der Waals surface area contributed by atoms with Gasteiger partial charge in [-0.05, 0) is 0 Å². The van der Waals surface area contributed by atoms with Crippen molar-refractivity contribution in [3.8, 4) is 0 Å². The van der Waals surface area contributed by atoms with E-state index >= 15 is 0 Å². The summed E-state index contributed by atoms with van der Waals surface area (Å²) in [7, 11) is 0. The van der Waals surface area contributed by atoms with Gasteiger partial charge in [-0.15, -0.1) is 4.73 Å². The van der Waals surface area contributed by atoms with Crippen LogP contribution in [0.4, 0.5) is 5.95 Å². The molecule has 0 saturated heterocycles. The van der Waals surface area contributed by atoms with Gasteiger partial charge in [0.05, 0.1) is 6.20 Å². The molecule has 0 radical (unpaired) electrons. The summed E-state index contributed by atoms with van der Waals surface area (Å²) < 4.78 is 0.423. The molecule has 0 bridgehead atoms. The summed E-state index contributed by atoms with van der Waals surface area (Å²) in [4.78, 5) is 31.0. The molecular weight excluding hydrogens is 190 g/mol. The van der Waals surface area contributed by atoms with Crippen LogP contribution in [0.5, 0.6) is 0 Å². The van der Waals surface area contributed by atoms with E-state index in [-0.39, 0.29) is 17.1 Å². The minimum Gasteiger partial charge on any atom is -0.423 e. The first-order valence-corrected chi connectivity index (χ1v) is 3.56. The van der Waals surface area contributed by atoms with Crippen molar-refractivity contribution in [2.24, 2.45) is 0 Å². The van der Waals surface area contributed by atoms with E-state index in [1.807, 2.05) is 0 Å². The van der Waals surface area contributed by atoms with Gasteiger partial charge in [0.1, 0.15) is 0 Å². The summed E-state index contributed by atoms with van der Waals surface area (Å²) in [6.45, 7) is 0. The van der Waals surface area contributed by atoms with Gasteiger partial charge in [0.25, 0.3) is 5.56 Å². The lowest BCUT2D eigenvalue weighted by Gasteiger charge is -2.02. The van der Waals surface area contributed by atoms with Crippen LogP contribution in [0, 0.1) is 0 Å². The summed E-state index contributed by atoms with van der Waals surface area (Å²) in [6, 6.07) is 0. The fourth-order valence-electron chi connectivity index (χ4n) is 1.02. The molecule has 0 aliphatic heterocycles. The largest absolute Gasteiger partial charge is 0.423 e. The average Bonchev–Trinajstić information content (AvgIpc) is 2.14. The molecule has 8 nitrogen and oxygen atoms in total. The number of nitrogens with one attached hydrogen (secondary N) is 1. The predicted molar refractivity (Wildman–Crippen MR) is 46.0 cm³/mol. The Morgan fingerprint density at radius 1 is 1.50 bits per heavy atom. The van der Waals surface area contributed by atoms with Gasteiger partial charge >= 0.3 is 5.56 Å². The summed E-state index contributed by atoms with van der Waals surface area (Å²) in [6.07, 6.45) is 0.925. The number of H-pyrrole nitrogens is 1. The second-order valence-electron chi connectivity index (χ2n) is 2.53. The number of rotatable bonds is 0. The molecule has 8 heteroatoms. The SMILES string of the molecule is Nc1nc(=O)c2[nH]c(=O)cnc2n1O. The number of hydrogen-bond acceptors (Lipinski definition) is 6. The zero-order valence-electron chi connectivity index (χ0n) is 6.76. The van der Waals surface area contributed by atoms with Crippen molar-refractivity contribution in [1.82, 2.24) is 19.7 Å². The number of hydrogen-bond donors (Lipinski definition) is 3. The summed E-state index contributed by atoms with van der Waals surface area (Å²) >= 11 is 0. The van der Waals surface area contributed by atoms with Crippen LogP contribution in [0.3, 0.4) is 0 Å². The third-order valence-corrected chi connectivity index (χ3v) is 1.62. The third-order valence-electron chi connectivity index (χ3n) is 1.62. The molecule has 0 atom stereocenters. The molecule has 0 unspecified atom stereocenters. The first kappa shape index (κ1) is 8.23. The minimum absolute atomic E-state index is 0.137. The van der Waals surface area contributed by atoms with Crippen LogP contribution in [-0.4, -0.2) is 24.9 Å². The minimum atomic E-state index is -0.743. The Morgan fingerprint density at radius 2 is 2.21 bits per heavy atom. The van der Waals surface area contributed by atoms with E-state index in [2.05, 4.69) is 15.0 Å². The van der Waals surface area contributed by atoms with Gasteiger partial charge < -0.3 is 15.9 Å². The summed E-state index contributed by atoms with van der Waals surface area (Å²) in [5, 5.41) is 9.28. The lowest BCUT2D eigenvalue weighted by molar-refractivity contribution is 0.199. The molecule has 4 N–H and O–H groups in total. The van der Waals surface area contributed by atoms with Gasteiger partial charge in [0, 0.05) is 0 Å². The maximum atomic E-state index is 11.2. The molecule has 2 aromatic rings. The topological polar surface area (TPSA) is 127 Å². The molecule has 0 fully saturated rings. The van der Waals surface area contributed by atoms with Gasteiger partial charge in [-0.2, -0.15) is 4.98 Å². The van der Waals surface area contributed by atoms with E-state index in [4.69, 9.17) is 5.73 Å². The van der Waals surface area contributed by atoms with E-state index in [1.165, 1.54) is 0 Å². The van der Waals surface area contributed by atoms with Crippen molar-refractivity contribution >= 4 is 17.1 Å². The van der Waals surface area contributed by atoms with Crippen molar-refractivity contribution in [3.63, 3.8) is 0 Å². The van der Waals surface area contributed by atoms with Crippen molar-refractivity contribution in [2.75, 3.05) is 5.73 Å². The second-order valence-corrected chi connectivity index (χ2v) is 2.53. The number of fused-ring (bicyclic) bond motifs is 1. The van der Waals surface area contributed by atoms with Gasteiger partial charge in [0.2, 0.25) is 11.6 Å². The molecule has 0 aliphatic rings. The summed E-state index contributed by atoms with van der Waals surface area (Å²) in [5.41, 5.74) is 3.57. The first-order chi connectivity index (χ1) is 6.59. The van der Waals surface area contributed by atoms with E-state index in [0.717, 1.165) is 6.20 Å². The van der Waals surface area contributed by atoms with Crippen LogP contribution < -0.4 is 16.9 Å². The summed E-state index contributed by atoms with van der Waals surface area (Å²) in [5.74, 6) is -0.387. The number of nitrogens with zero attached hydrogens (tertiary/aromatic N) is 3. The Morgan fingerprint density at radius 3 is 2.93 bits per heavy atom. The smallest absolute Gasteiger partial charge is 0.300 e. The fourth-order valence-corrected chi connectivity index (χ4v) is 1.02.